The Kier molecular flexibility index (Phi) is 2.08. The summed E-state index contributed by atoms with van der Waals surface area (Å²) in [5, 5.41) is 8.75. The van der Waals surface area contributed by atoms with Gasteiger partial charge in [0.25, 0.3) is 0 Å². The number of halogens is 3. The Labute approximate surface area is 88.0 Å². The standard InChI is InChI=1S/C9H5F3N4/c1-16-4-14-5-2-7(9(10,11)12)15-6(3-13)8(5)16/h2,4H,1H3. The molecule has 2 rings (SSSR count). The highest BCUT2D eigenvalue weighted by molar-refractivity contribution is 5.80. The van der Waals surface area contributed by atoms with Gasteiger partial charge in [0.05, 0.1) is 11.8 Å². The van der Waals surface area contributed by atoms with E-state index in [4.69, 9.17) is 5.26 Å². The normalized spacial score (nSPS) is 11.7. The lowest BCUT2D eigenvalue weighted by Gasteiger charge is -2.06. The molecule has 0 unspecified atom stereocenters. The lowest BCUT2D eigenvalue weighted by Crippen LogP contribution is -2.09. The van der Waals surface area contributed by atoms with E-state index in [0.29, 0.717) is 5.52 Å². The Hall–Kier alpha value is -2.10. The monoisotopic (exact) mass is 226 g/mol. The van der Waals surface area contributed by atoms with Crippen LogP contribution in [0.3, 0.4) is 0 Å². The minimum Gasteiger partial charge on any atom is -0.331 e. The van der Waals surface area contributed by atoms with Crippen LogP contribution >= 0.6 is 0 Å². The van der Waals surface area contributed by atoms with Gasteiger partial charge in [-0.25, -0.2) is 9.97 Å². The number of nitriles is 1. The zero-order valence-electron chi connectivity index (χ0n) is 8.08. The van der Waals surface area contributed by atoms with Crippen molar-refractivity contribution in [3.8, 4) is 6.07 Å². The van der Waals surface area contributed by atoms with E-state index < -0.39 is 11.9 Å². The molecule has 0 aliphatic carbocycles. The summed E-state index contributed by atoms with van der Waals surface area (Å²) in [6.45, 7) is 0. The number of hydrogen-bond acceptors (Lipinski definition) is 3. The Bertz CT molecular complexity index is 591. The van der Waals surface area contributed by atoms with Gasteiger partial charge in [-0.2, -0.15) is 18.4 Å². The van der Waals surface area contributed by atoms with Crippen LogP contribution < -0.4 is 0 Å². The number of nitrogens with zero attached hydrogens (tertiary/aromatic N) is 4. The minimum atomic E-state index is -4.57. The molecule has 82 valence electrons. The molecule has 7 heteroatoms. The summed E-state index contributed by atoms with van der Waals surface area (Å²) < 4.78 is 38.8. The van der Waals surface area contributed by atoms with Gasteiger partial charge in [-0.15, -0.1) is 0 Å². The second-order valence-electron chi connectivity index (χ2n) is 3.19. The van der Waals surface area contributed by atoms with Crippen LogP contribution in [0.1, 0.15) is 11.4 Å². The average Bonchev–Trinajstić information content (AvgIpc) is 2.58. The van der Waals surface area contributed by atoms with Crippen LogP contribution in [-0.4, -0.2) is 14.5 Å². The molecular weight excluding hydrogens is 221 g/mol. The molecule has 0 amide bonds. The van der Waals surface area contributed by atoms with E-state index in [1.807, 2.05) is 0 Å². The van der Waals surface area contributed by atoms with Crippen molar-refractivity contribution in [2.24, 2.45) is 7.05 Å². The van der Waals surface area contributed by atoms with Crippen LogP contribution in [0.15, 0.2) is 12.4 Å². The summed E-state index contributed by atoms with van der Waals surface area (Å²) in [6.07, 6.45) is -3.23. The zero-order chi connectivity index (χ0) is 11.9. The molecule has 0 aliphatic heterocycles. The molecule has 0 bridgehead atoms. The van der Waals surface area contributed by atoms with E-state index >= 15 is 0 Å². The van der Waals surface area contributed by atoms with Crippen LogP contribution in [0.5, 0.6) is 0 Å². The zero-order valence-corrected chi connectivity index (χ0v) is 8.08. The molecule has 2 aromatic heterocycles. The van der Waals surface area contributed by atoms with Crippen molar-refractivity contribution >= 4 is 11.0 Å². The van der Waals surface area contributed by atoms with Crippen molar-refractivity contribution in [1.29, 1.82) is 5.26 Å². The van der Waals surface area contributed by atoms with E-state index in [0.717, 1.165) is 6.07 Å². The van der Waals surface area contributed by atoms with Gasteiger partial charge in [-0.05, 0) is 6.07 Å². The lowest BCUT2D eigenvalue weighted by atomic mass is 10.2. The number of imidazole rings is 1. The van der Waals surface area contributed by atoms with Gasteiger partial charge < -0.3 is 4.57 Å². The summed E-state index contributed by atoms with van der Waals surface area (Å²) in [5.74, 6) is 0. The maximum atomic E-state index is 12.4. The number of rotatable bonds is 0. The van der Waals surface area contributed by atoms with Crippen LogP contribution in [-0.2, 0) is 13.2 Å². The van der Waals surface area contributed by atoms with Gasteiger partial charge in [-0.3, -0.25) is 0 Å². The minimum absolute atomic E-state index is 0.112. The first kappa shape index (κ1) is 10.4. The molecule has 2 aromatic rings. The number of aromatic nitrogens is 3. The fraction of sp³-hybridized carbons (Fsp3) is 0.222. The molecule has 0 atom stereocenters. The fourth-order valence-electron chi connectivity index (χ4n) is 1.40. The first-order valence-electron chi connectivity index (χ1n) is 4.23. The van der Waals surface area contributed by atoms with E-state index in [1.165, 1.54) is 10.9 Å². The Morgan fingerprint density at radius 3 is 2.69 bits per heavy atom. The van der Waals surface area contributed by atoms with Crippen molar-refractivity contribution in [3.05, 3.63) is 23.8 Å². The third-order valence-corrected chi connectivity index (χ3v) is 2.09. The summed E-state index contributed by atoms with van der Waals surface area (Å²) >= 11 is 0. The lowest BCUT2D eigenvalue weighted by molar-refractivity contribution is -0.141. The molecule has 16 heavy (non-hydrogen) atoms. The van der Waals surface area contributed by atoms with Crippen LogP contribution in [0.25, 0.3) is 11.0 Å². The second-order valence-corrected chi connectivity index (χ2v) is 3.19. The fourth-order valence-corrected chi connectivity index (χ4v) is 1.40. The average molecular weight is 226 g/mol. The van der Waals surface area contributed by atoms with Crippen molar-refractivity contribution in [1.82, 2.24) is 14.5 Å². The van der Waals surface area contributed by atoms with Crippen molar-refractivity contribution in [3.63, 3.8) is 0 Å². The molecule has 0 spiro atoms. The van der Waals surface area contributed by atoms with E-state index in [2.05, 4.69) is 9.97 Å². The number of fused-ring (bicyclic) bond motifs is 1. The van der Waals surface area contributed by atoms with E-state index in [1.54, 1.807) is 13.1 Å². The van der Waals surface area contributed by atoms with Crippen molar-refractivity contribution in [2.45, 2.75) is 6.18 Å². The summed E-state index contributed by atoms with van der Waals surface area (Å²) in [7, 11) is 1.59. The third kappa shape index (κ3) is 1.48. The van der Waals surface area contributed by atoms with Crippen LogP contribution in [0, 0.1) is 11.3 Å². The van der Waals surface area contributed by atoms with Crippen molar-refractivity contribution in [2.75, 3.05) is 0 Å². The topological polar surface area (TPSA) is 54.5 Å². The third-order valence-electron chi connectivity index (χ3n) is 2.09. The number of alkyl halides is 3. The SMILES string of the molecule is Cn1cnc2cc(C(F)(F)F)nc(C#N)c21. The van der Waals surface area contributed by atoms with Crippen LogP contribution in [0.4, 0.5) is 13.2 Å². The molecule has 0 aromatic carbocycles. The second kappa shape index (κ2) is 3.20. The molecular formula is C9H5F3N4. The Balaban J connectivity index is 2.81. The number of hydrogen-bond donors (Lipinski definition) is 0. The molecule has 4 nitrogen and oxygen atoms in total. The van der Waals surface area contributed by atoms with Gasteiger partial charge in [0, 0.05) is 7.05 Å². The van der Waals surface area contributed by atoms with Crippen LogP contribution in [0.2, 0.25) is 0 Å². The summed E-state index contributed by atoms with van der Waals surface area (Å²) in [6, 6.07) is 2.47. The first-order valence-corrected chi connectivity index (χ1v) is 4.23. The molecule has 0 radical (unpaired) electrons. The Morgan fingerprint density at radius 1 is 1.44 bits per heavy atom. The molecule has 0 fully saturated rings. The number of pyridine rings is 1. The Morgan fingerprint density at radius 2 is 2.12 bits per heavy atom. The summed E-state index contributed by atoms with van der Waals surface area (Å²) in [4.78, 5) is 7.05. The highest BCUT2D eigenvalue weighted by Gasteiger charge is 2.34. The highest BCUT2D eigenvalue weighted by Crippen LogP contribution is 2.30. The maximum absolute atomic E-state index is 12.4. The number of aryl methyl sites for hydroxylation is 1. The van der Waals surface area contributed by atoms with E-state index in [9.17, 15) is 13.2 Å². The van der Waals surface area contributed by atoms with Gasteiger partial charge in [0.1, 0.15) is 17.3 Å². The highest BCUT2D eigenvalue weighted by atomic mass is 19.4. The predicted molar refractivity (Wildman–Crippen MR) is 48.2 cm³/mol. The molecule has 0 saturated carbocycles. The van der Waals surface area contributed by atoms with Gasteiger partial charge in [-0.1, -0.05) is 0 Å². The summed E-state index contributed by atoms with van der Waals surface area (Å²) in [5.41, 5.74) is -0.961. The van der Waals surface area contributed by atoms with Gasteiger partial charge >= 0.3 is 6.18 Å². The quantitative estimate of drug-likeness (QED) is 0.688. The molecule has 0 saturated heterocycles. The molecule has 0 N–H and O–H groups in total. The first-order chi connectivity index (χ1) is 7.43. The largest absolute Gasteiger partial charge is 0.433 e. The molecule has 0 aliphatic rings. The van der Waals surface area contributed by atoms with E-state index in [-0.39, 0.29) is 11.2 Å². The smallest absolute Gasteiger partial charge is 0.331 e. The predicted octanol–water partition coefficient (Wildman–Crippen LogP) is 1.86. The maximum Gasteiger partial charge on any atom is 0.433 e. The van der Waals surface area contributed by atoms with Gasteiger partial charge in [0.15, 0.2) is 5.69 Å². The van der Waals surface area contributed by atoms with Crippen molar-refractivity contribution < 1.29 is 13.2 Å². The molecule has 2 heterocycles. The van der Waals surface area contributed by atoms with Gasteiger partial charge in [0.2, 0.25) is 0 Å².